The third-order valence-corrected chi connectivity index (χ3v) is 8.95. The maximum Gasteiger partial charge on any atom is 0.244 e. The Kier molecular flexibility index (Phi) is 6.46. The largest absolute Gasteiger partial charge is 0.496 e. The molecule has 0 aromatic heterocycles. The molecule has 1 aliphatic heterocycles. The molecular formula is C28H31NO3S. The first-order chi connectivity index (χ1) is 15.8. The molecule has 0 radical (unpaired) electrons. The Morgan fingerprint density at radius 3 is 2.12 bits per heavy atom. The van der Waals surface area contributed by atoms with Crippen LogP contribution >= 0.6 is 0 Å². The lowest BCUT2D eigenvalue weighted by Gasteiger charge is -2.31. The molecule has 0 bridgehead atoms. The zero-order chi connectivity index (χ0) is 23.8. The van der Waals surface area contributed by atoms with Gasteiger partial charge >= 0.3 is 0 Å². The van der Waals surface area contributed by atoms with Crippen LogP contribution in [0.4, 0.5) is 0 Å². The van der Waals surface area contributed by atoms with Gasteiger partial charge in [0.1, 0.15) is 5.75 Å². The van der Waals surface area contributed by atoms with Gasteiger partial charge in [-0.15, -0.1) is 0 Å². The minimum Gasteiger partial charge on any atom is -0.496 e. The number of rotatable bonds is 6. The molecular weight excluding hydrogens is 430 g/mol. The summed E-state index contributed by atoms with van der Waals surface area (Å²) < 4.78 is 35.7. The second kappa shape index (κ2) is 9.16. The second-order valence-corrected chi connectivity index (χ2v) is 10.5. The van der Waals surface area contributed by atoms with E-state index in [-0.39, 0.29) is 12.1 Å². The summed E-state index contributed by atoms with van der Waals surface area (Å²) in [4.78, 5) is 0.383. The maximum atomic E-state index is 14.3. The molecule has 3 aromatic rings. The molecule has 1 heterocycles. The molecule has 5 heteroatoms. The van der Waals surface area contributed by atoms with Crippen LogP contribution in [0.25, 0.3) is 5.57 Å². The van der Waals surface area contributed by atoms with Crippen molar-refractivity contribution >= 4 is 15.6 Å². The lowest BCUT2D eigenvalue weighted by Crippen LogP contribution is -2.42. The summed E-state index contributed by atoms with van der Waals surface area (Å²) in [5.41, 5.74) is 5.50. The smallest absolute Gasteiger partial charge is 0.244 e. The van der Waals surface area contributed by atoms with Crippen LogP contribution in [0.5, 0.6) is 5.75 Å². The predicted octanol–water partition coefficient (Wildman–Crippen LogP) is 5.71. The molecule has 0 fully saturated rings. The normalized spacial score (nSPS) is 18.9. The fraction of sp³-hybridized carbons (Fsp3) is 0.286. The Labute approximate surface area is 197 Å². The summed E-state index contributed by atoms with van der Waals surface area (Å²) in [7, 11) is -2.17. The first-order valence-electron chi connectivity index (χ1n) is 11.2. The van der Waals surface area contributed by atoms with E-state index in [1.807, 2.05) is 82.3 Å². The summed E-state index contributed by atoms with van der Waals surface area (Å²) in [5.74, 6) is 0.711. The van der Waals surface area contributed by atoms with Crippen LogP contribution in [-0.2, 0) is 16.4 Å². The van der Waals surface area contributed by atoms with Crippen LogP contribution in [0.15, 0.2) is 77.7 Å². The van der Waals surface area contributed by atoms with Crippen LogP contribution in [0, 0.1) is 20.8 Å². The summed E-state index contributed by atoms with van der Waals surface area (Å²) in [5, 5.41) is 0. The van der Waals surface area contributed by atoms with Gasteiger partial charge in [0.05, 0.1) is 12.0 Å². The maximum absolute atomic E-state index is 14.3. The van der Waals surface area contributed by atoms with E-state index in [1.54, 1.807) is 11.4 Å². The Balaban J connectivity index is 1.84. The van der Waals surface area contributed by atoms with Gasteiger partial charge in [-0.25, -0.2) is 8.42 Å². The molecule has 172 valence electrons. The summed E-state index contributed by atoms with van der Waals surface area (Å²) >= 11 is 0. The Hall–Kier alpha value is -2.89. The summed E-state index contributed by atoms with van der Waals surface area (Å²) in [6, 6.07) is 21.4. The predicted molar refractivity (Wildman–Crippen MR) is 134 cm³/mol. The molecule has 0 amide bonds. The average molecular weight is 462 g/mol. The van der Waals surface area contributed by atoms with Crippen molar-refractivity contribution in [1.29, 1.82) is 0 Å². The number of hydrogen-bond acceptors (Lipinski definition) is 3. The van der Waals surface area contributed by atoms with Crippen molar-refractivity contribution in [2.45, 2.75) is 51.1 Å². The van der Waals surface area contributed by atoms with Crippen molar-refractivity contribution < 1.29 is 13.2 Å². The van der Waals surface area contributed by atoms with Gasteiger partial charge in [-0.1, -0.05) is 66.7 Å². The van der Waals surface area contributed by atoms with E-state index < -0.39 is 10.0 Å². The monoisotopic (exact) mass is 461 g/mol. The second-order valence-electron chi connectivity index (χ2n) is 8.73. The number of hydrogen-bond donors (Lipinski definition) is 0. The van der Waals surface area contributed by atoms with E-state index in [1.165, 1.54) is 0 Å². The van der Waals surface area contributed by atoms with Crippen molar-refractivity contribution in [3.63, 3.8) is 0 Å². The zero-order valence-corrected chi connectivity index (χ0v) is 20.7. The minimum atomic E-state index is -3.78. The molecule has 2 atom stereocenters. The van der Waals surface area contributed by atoms with Crippen LogP contribution in [0.3, 0.4) is 0 Å². The van der Waals surface area contributed by atoms with Crippen LogP contribution in [-0.4, -0.2) is 31.9 Å². The van der Waals surface area contributed by atoms with E-state index in [4.69, 9.17) is 4.74 Å². The van der Waals surface area contributed by atoms with Crippen LogP contribution in [0.2, 0.25) is 0 Å². The lowest BCUT2D eigenvalue weighted by atomic mass is 10.0. The topological polar surface area (TPSA) is 46.6 Å². The molecule has 0 unspecified atom stereocenters. The summed E-state index contributed by atoms with van der Waals surface area (Å²) in [6.45, 7) is 7.62. The van der Waals surface area contributed by atoms with Crippen LogP contribution < -0.4 is 4.74 Å². The van der Waals surface area contributed by atoms with Gasteiger partial charge < -0.3 is 4.74 Å². The van der Waals surface area contributed by atoms with Crippen molar-refractivity contribution in [3.8, 4) is 5.75 Å². The van der Waals surface area contributed by atoms with Gasteiger partial charge in [-0.05, 0) is 73.6 Å². The van der Waals surface area contributed by atoms with Gasteiger partial charge in [0, 0.05) is 12.1 Å². The standard InChI is InChI=1S/C28H31NO3S/c1-19-16-27(32-5)20(2)21(3)28(19)33(30,31)29-22(4)26(24-14-10-7-11-15-24)18-25(29)17-23-12-8-6-9-13-23/h6-16,18,22,25H,17H2,1-5H3/t22-,25+/m1/s1. The van der Waals surface area contributed by atoms with Gasteiger partial charge in [0.15, 0.2) is 0 Å². The number of aryl methyl sites for hydroxylation is 1. The van der Waals surface area contributed by atoms with E-state index in [0.29, 0.717) is 22.6 Å². The van der Waals surface area contributed by atoms with Crippen molar-refractivity contribution in [3.05, 3.63) is 101 Å². The molecule has 0 N–H and O–H groups in total. The highest BCUT2D eigenvalue weighted by Crippen LogP contribution is 2.40. The molecule has 33 heavy (non-hydrogen) atoms. The van der Waals surface area contributed by atoms with Gasteiger partial charge in [0.2, 0.25) is 10.0 Å². The van der Waals surface area contributed by atoms with E-state index >= 15 is 0 Å². The quantitative estimate of drug-likeness (QED) is 0.472. The molecule has 1 aliphatic rings. The molecule has 0 saturated carbocycles. The van der Waals surface area contributed by atoms with E-state index in [0.717, 1.165) is 27.8 Å². The molecule has 4 nitrogen and oxygen atoms in total. The SMILES string of the molecule is COc1cc(C)c(S(=O)(=O)N2[C@@H](Cc3ccccc3)C=C(c3ccccc3)[C@H]2C)c(C)c1C. The third kappa shape index (κ3) is 4.23. The summed E-state index contributed by atoms with van der Waals surface area (Å²) in [6.07, 6.45) is 2.75. The van der Waals surface area contributed by atoms with Crippen molar-refractivity contribution in [1.82, 2.24) is 4.31 Å². The number of benzene rings is 3. The van der Waals surface area contributed by atoms with Gasteiger partial charge in [-0.2, -0.15) is 4.31 Å². The first kappa shape index (κ1) is 23.3. The third-order valence-electron chi connectivity index (χ3n) is 6.66. The average Bonchev–Trinajstić information content (AvgIpc) is 3.13. The zero-order valence-electron chi connectivity index (χ0n) is 19.9. The highest BCUT2D eigenvalue weighted by Gasteiger charge is 2.42. The molecule has 0 saturated heterocycles. The Bertz CT molecular complexity index is 1280. The lowest BCUT2D eigenvalue weighted by molar-refractivity contribution is 0.355. The van der Waals surface area contributed by atoms with Crippen LogP contribution in [0.1, 0.15) is 34.7 Å². The Morgan fingerprint density at radius 1 is 0.909 bits per heavy atom. The highest BCUT2D eigenvalue weighted by molar-refractivity contribution is 7.89. The number of methoxy groups -OCH3 is 1. The number of ether oxygens (including phenoxy) is 1. The molecule has 0 aliphatic carbocycles. The fourth-order valence-electron chi connectivity index (χ4n) is 4.94. The van der Waals surface area contributed by atoms with E-state index in [2.05, 4.69) is 18.2 Å². The van der Waals surface area contributed by atoms with Crippen molar-refractivity contribution in [2.75, 3.05) is 7.11 Å². The Morgan fingerprint density at radius 2 is 1.52 bits per heavy atom. The van der Waals surface area contributed by atoms with E-state index in [9.17, 15) is 8.42 Å². The highest BCUT2D eigenvalue weighted by atomic mass is 32.2. The molecule has 0 spiro atoms. The van der Waals surface area contributed by atoms with Gasteiger partial charge in [-0.3, -0.25) is 0 Å². The number of sulfonamides is 1. The number of nitrogens with zero attached hydrogens (tertiary/aromatic N) is 1. The minimum absolute atomic E-state index is 0.274. The fourth-order valence-corrected chi connectivity index (χ4v) is 7.18. The molecule has 4 rings (SSSR count). The molecule has 3 aromatic carbocycles. The van der Waals surface area contributed by atoms with Gasteiger partial charge in [0.25, 0.3) is 0 Å². The van der Waals surface area contributed by atoms with Crippen molar-refractivity contribution in [2.24, 2.45) is 0 Å². The first-order valence-corrected chi connectivity index (χ1v) is 12.7.